The van der Waals surface area contributed by atoms with Crippen molar-refractivity contribution in [1.82, 2.24) is 5.32 Å². The molecule has 1 aliphatic rings. The zero-order chi connectivity index (χ0) is 12.6. The topological polar surface area (TPSA) is 49.3 Å². The van der Waals surface area contributed by atoms with Gasteiger partial charge in [-0.1, -0.05) is 6.07 Å². The number of aliphatic carboxylic acids is 1. The lowest BCUT2D eigenvalue weighted by Gasteiger charge is -2.12. The van der Waals surface area contributed by atoms with E-state index in [4.69, 9.17) is 5.11 Å². The first-order valence-electron chi connectivity index (χ1n) is 4.74. The fraction of sp³-hybridized carbons (Fsp3) is 0.300. The van der Waals surface area contributed by atoms with Crippen LogP contribution in [0.25, 0.3) is 0 Å². The van der Waals surface area contributed by atoms with E-state index in [0.29, 0.717) is 0 Å². The quantitative estimate of drug-likeness (QED) is 0.800. The third-order valence-corrected chi connectivity index (χ3v) is 3.68. The van der Waals surface area contributed by atoms with E-state index >= 15 is 0 Å². The second-order valence-electron chi connectivity index (χ2n) is 3.54. The summed E-state index contributed by atoms with van der Waals surface area (Å²) in [6.45, 7) is 0. The van der Waals surface area contributed by atoms with Gasteiger partial charge in [0, 0.05) is 11.3 Å². The number of thioether (sulfide) groups is 1. The molecule has 0 bridgehead atoms. The van der Waals surface area contributed by atoms with Crippen LogP contribution < -0.4 is 5.32 Å². The molecule has 7 heteroatoms. The molecule has 0 spiro atoms. The normalized spacial score (nSPS) is 23.9. The van der Waals surface area contributed by atoms with E-state index < -0.39 is 34.8 Å². The maximum atomic E-state index is 13.4. The number of hydrogen-bond acceptors (Lipinski definition) is 3. The predicted octanol–water partition coefficient (Wildman–Crippen LogP) is 1.89. The fourth-order valence-corrected chi connectivity index (χ4v) is 2.78. The Balaban J connectivity index is 2.25. The van der Waals surface area contributed by atoms with Crippen molar-refractivity contribution >= 4 is 17.7 Å². The van der Waals surface area contributed by atoms with Gasteiger partial charge >= 0.3 is 5.97 Å². The zero-order valence-corrected chi connectivity index (χ0v) is 9.23. The standard InChI is InChI=1S/C10H8F3NO2S/c11-5-2-1-4(7(12)8(5)13)9-14-6(3-17-9)10(15)16/h1-2,6,9,14H,3H2,(H,15,16)/t6-,9?/m1/s1. The van der Waals surface area contributed by atoms with Gasteiger partial charge in [0.25, 0.3) is 0 Å². The van der Waals surface area contributed by atoms with Crippen molar-refractivity contribution in [3.05, 3.63) is 35.1 Å². The molecular weight excluding hydrogens is 255 g/mol. The number of carbonyl (C=O) groups is 1. The molecule has 1 aliphatic heterocycles. The summed E-state index contributed by atoms with van der Waals surface area (Å²) in [5, 5.41) is 10.7. The molecule has 1 aromatic carbocycles. The SMILES string of the molecule is O=C(O)[C@H]1CSC(c2ccc(F)c(F)c2F)N1. The molecule has 0 radical (unpaired) electrons. The Labute approximate surface area is 99.0 Å². The van der Waals surface area contributed by atoms with Crippen molar-refractivity contribution in [2.45, 2.75) is 11.4 Å². The molecule has 2 rings (SSSR count). The lowest BCUT2D eigenvalue weighted by molar-refractivity contribution is -0.138. The van der Waals surface area contributed by atoms with Crippen LogP contribution in [0.15, 0.2) is 12.1 Å². The van der Waals surface area contributed by atoms with Gasteiger partial charge in [-0.05, 0) is 6.07 Å². The smallest absolute Gasteiger partial charge is 0.321 e. The Morgan fingerprint density at radius 1 is 1.35 bits per heavy atom. The van der Waals surface area contributed by atoms with Gasteiger partial charge in [0.05, 0.1) is 5.37 Å². The summed E-state index contributed by atoms with van der Waals surface area (Å²) in [4.78, 5) is 10.7. The number of carboxylic acids is 1. The molecule has 1 heterocycles. The first-order chi connectivity index (χ1) is 8.00. The van der Waals surface area contributed by atoms with E-state index in [1.54, 1.807) is 0 Å². The van der Waals surface area contributed by atoms with Crippen molar-refractivity contribution in [1.29, 1.82) is 0 Å². The van der Waals surface area contributed by atoms with Crippen molar-refractivity contribution < 1.29 is 23.1 Å². The van der Waals surface area contributed by atoms with Crippen molar-refractivity contribution in [3.63, 3.8) is 0 Å². The monoisotopic (exact) mass is 263 g/mol. The summed E-state index contributed by atoms with van der Waals surface area (Å²) >= 11 is 1.14. The number of halogens is 3. The van der Waals surface area contributed by atoms with E-state index in [1.165, 1.54) is 0 Å². The van der Waals surface area contributed by atoms with Gasteiger partial charge in [0.15, 0.2) is 17.5 Å². The Morgan fingerprint density at radius 2 is 2.06 bits per heavy atom. The molecule has 0 aliphatic carbocycles. The van der Waals surface area contributed by atoms with Crippen LogP contribution in [-0.4, -0.2) is 22.9 Å². The zero-order valence-electron chi connectivity index (χ0n) is 8.41. The lowest BCUT2D eigenvalue weighted by Crippen LogP contribution is -2.34. The minimum absolute atomic E-state index is 0.0716. The van der Waals surface area contributed by atoms with Crippen LogP contribution in [0.2, 0.25) is 0 Å². The number of rotatable bonds is 2. The molecule has 1 aromatic rings. The van der Waals surface area contributed by atoms with E-state index in [9.17, 15) is 18.0 Å². The van der Waals surface area contributed by atoms with Gasteiger partial charge < -0.3 is 5.11 Å². The molecule has 1 fully saturated rings. The van der Waals surface area contributed by atoms with E-state index in [-0.39, 0.29) is 11.3 Å². The summed E-state index contributed by atoms with van der Waals surface area (Å²) < 4.78 is 39.1. The summed E-state index contributed by atoms with van der Waals surface area (Å²) in [5.41, 5.74) is -0.0716. The fourth-order valence-electron chi connectivity index (χ4n) is 1.54. The molecule has 0 saturated carbocycles. The van der Waals surface area contributed by atoms with Crippen molar-refractivity contribution in [2.24, 2.45) is 0 Å². The van der Waals surface area contributed by atoms with Gasteiger partial charge in [0.2, 0.25) is 0 Å². The Morgan fingerprint density at radius 3 is 2.65 bits per heavy atom. The van der Waals surface area contributed by atoms with Crippen LogP contribution in [0.1, 0.15) is 10.9 Å². The van der Waals surface area contributed by atoms with Crippen LogP contribution in [0, 0.1) is 17.5 Å². The van der Waals surface area contributed by atoms with Crippen LogP contribution >= 0.6 is 11.8 Å². The molecular formula is C10H8F3NO2S. The van der Waals surface area contributed by atoms with Crippen LogP contribution in [0.3, 0.4) is 0 Å². The summed E-state index contributed by atoms with van der Waals surface area (Å²) in [6.07, 6.45) is 0. The van der Waals surface area contributed by atoms with Gasteiger partial charge in [-0.15, -0.1) is 11.8 Å². The number of nitrogens with one attached hydrogen (secondary N) is 1. The summed E-state index contributed by atoms with van der Waals surface area (Å²) in [5.74, 6) is -4.88. The average molecular weight is 263 g/mol. The maximum absolute atomic E-state index is 13.4. The summed E-state index contributed by atoms with van der Waals surface area (Å²) in [7, 11) is 0. The molecule has 1 unspecified atom stereocenters. The molecule has 3 nitrogen and oxygen atoms in total. The first-order valence-corrected chi connectivity index (χ1v) is 5.79. The lowest BCUT2D eigenvalue weighted by atomic mass is 10.2. The Bertz CT molecular complexity index is 469. The van der Waals surface area contributed by atoms with Crippen LogP contribution in [0.5, 0.6) is 0 Å². The molecule has 17 heavy (non-hydrogen) atoms. The van der Waals surface area contributed by atoms with Gasteiger partial charge in [0.1, 0.15) is 6.04 Å². The molecule has 92 valence electrons. The average Bonchev–Trinajstić information content (AvgIpc) is 2.75. The number of hydrogen-bond donors (Lipinski definition) is 2. The highest BCUT2D eigenvalue weighted by Crippen LogP contribution is 2.35. The number of carboxylic acid groups (broad SMARTS) is 1. The molecule has 0 aromatic heterocycles. The molecule has 2 N–H and O–H groups in total. The third kappa shape index (κ3) is 2.25. The highest BCUT2D eigenvalue weighted by molar-refractivity contribution is 7.99. The minimum Gasteiger partial charge on any atom is -0.480 e. The second kappa shape index (κ2) is 4.58. The summed E-state index contributed by atoms with van der Waals surface area (Å²) in [6, 6.07) is 1.13. The Hall–Kier alpha value is -1.21. The Kier molecular flexibility index (Phi) is 3.30. The van der Waals surface area contributed by atoms with E-state index in [1.807, 2.05) is 0 Å². The van der Waals surface area contributed by atoms with Crippen molar-refractivity contribution in [2.75, 3.05) is 5.75 Å². The molecule has 2 atom stereocenters. The maximum Gasteiger partial charge on any atom is 0.321 e. The predicted molar refractivity (Wildman–Crippen MR) is 56.1 cm³/mol. The minimum atomic E-state index is -1.54. The largest absolute Gasteiger partial charge is 0.480 e. The highest BCUT2D eigenvalue weighted by Gasteiger charge is 2.32. The van der Waals surface area contributed by atoms with Crippen molar-refractivity contribution in [3.8, 4) is 0 Å². The van der Waals surface area contributed by atoms with Crippen LogP contribution in [0.4, 0.5) is 13.2 Å². The molecule has 1 saturated heterocycles. The van der Waals surface area contributed by atoms with Gasteiger partial charge in [-0.3, -0.25) is 10.1 Å². The van der Waals surface area contributed by atoms with E-state index in [0.717, 1.165) is 23.9 Å². The third-order valence-electron chi connectivity index (χ3n) is 2.43. The number of benzene rings is 1. The molecule has 0 amide bonds. The van der Waals surface area contributed by atoms with Gasteiger partial charge in [-0.25, -0.2) is 13.2 Å². The second-order valence-corrected chi connectivity index (χ2v) is 4.67. The first kappa shape index (κ1) is 12.3. The van der Waals surface area contributed by atoms with Gasteiger partial charge in [-0.2, -0.15) is 0 Å². The van der Waals surface area contributed by atoms with Crippen LogP contribution in [-0.2, 0) is 4.79 Å². The van der Waals surface area contributed by atoms with E-state index in [2.05, 4.69) is 5.32 Å². The highest BCUT2D eigenvalue weighted by atomic mass is 32.2.